The second-order valence-electron chi connectivity index (χ2n) is 4.03. The zero-order chi connectivity index (χ0) is 10.9. The van der Waals surface area contributed by atoms with E-state index >= 15 is 0 Å². The van der Waals surface area contributed by atoms with Gasteiger partial charge in [-0.15, -0.1) is 0 Å². The maximum Gasteiger partial charge on any atom is 0.148 e. The third kappa shape index (κ3) is 2.79. The minimum absolute atomic E-state index is 0.249. The van der Waals surface area contributed by atoms with Crippen molar-refractivity contribution in [3.05, 3.63) is 18.5 Å². The quantitative estimate of drug-likeness (QED) is 0.716. The molecule has 0 aliphatic carbocycles. The number of hydrogen-bond acceptors (Lipinski definition) is 4. The number of likely N-dealkylation sites (tertiary alicyclic amines) is 1. The lowest BCUT2D eigenvalue weighted by atomic mass is 10.1. The van der Waals surface area contributed by atoms with Crippen LogP contribution in [0.4, 0.5) is 0 Å². The molecule has 84 valence electrons. The van der Waals surface area contributed by atoms with E-state index in [1.165, 1.54) is 6.26 Å². The van der Waals surface area contributed by atoms with Crippen LogP contribution in [0.1, 0.15) is 6.04 Å². The summed E-state index contributed by atoms with van der Waals surface area (Å²) in [4.78, 5) is 2.13. The Morgan fingerprint density at radius 3 is 2.73 bits per heavy atom. The SMILES string of the molecule is CS(=O)(=O)CCN1CC(n2cccn2)C1. The molecule has 0 aromatic carbocycles. The van der Waals surface area contributed by atoms with Gasteiger partial charge in [0, 0.05) is 38.3 Å². The van der Waals surface area contributed by atoms with Crippen LogP contribution < -0.4 is 0 Å². The van der Waals surface area contributed by atoms with E-state index in [1.807, 2.05) is 16.9 Å². The first-order valence-electron chi connectivity index (χ1n) is 4.94. The highest BCUT2D eigenvalue weighted by molar-refractivity contribution is 7.90. The van der Waals surface area contributed by atoms with E-state index in [0.29, 0.717) is 12.6 Å². The van der Waals surface area contributed by atoms with E-state index in [2.05, 4.69) is 10.00 Å². The van der Waals surface area contributed by atoms with Crippen LogP contribution in [-0.2, 0) is 9.84 Å². The van der Waals surface area contributed by atoms with Gasteiger partial charge in [-0.3, -0.25) is 9.58 Å². The maximum atomic E-state index is 10.9. The van der Waals surface area contributed by atoms with Crippen molar-refractivity contribution in [1.82, 2.24) is 14.7 Å². The third-order valence-electron chi connectivity index (χ3n) is 2.62. The topological polar surface area (TPSA) is 55.2 Å². The number of nitrogens with zero attached hydrogens (tertiary/aromatic N) is 3. The lowest BCUT2D eigenvalue weighted by molar-refractivity contribution is 0.106. The van der Waals surface area contributed by atoms with Gasteiger partial charge in [0.1, 0.15) is 9.84 Å². The van der Waals surface area contributed by atoms with Crippen LogP contribution in [0.5, 0.6) is 0 Å². The van der Waals surface area contributed by atoms with Gasteiger partial charge in [0.15, 0.2) is 0 Å². The van der Waals surface area contributed by atoms with Gasteiger partial charge < -0.3 is 0 Å². The van der Waals surface area contributed by atoms with E-state index in [0.717, 1.165) is 13.1 Å². The molecule has 1 saturated heterocycles. The van der Waals surface area contributed by atoms with E-state index < -0.39 is 9.84 Å². The first-order chi connectivity index (χ1) is 7.04. The summed E-state index contributed by atoms with van der Waals surface area (Å²) in [5, 5.41) is 4.15. The molecule has 1 aliphatic rings. The Morgan fingerprint density at radius 2 is 2.20 bits per heavy atom. The molecule has 0 atom stereocenters. The Labute approximate surface area is 89.6 Å². The highest BCUT2D eigenvalue weighted by atomic mass is 32.2. The fraction of sp³-hybridized carbons (Fsp3) is 0.667. The average Bonchev–Trinajstić information content (AvgIpc) is 2.51. The van der Waals surface area contributed by atoms with E-state index in [-0.39, 0.29) is 5.75 Å². The average molecular weight is 229 g/mol. The normalized spacial score (nSPS) is 19.0. The smallest absolute Gasteiger partial charge is 0.148 e. The van der Waals surface area contributed by atoms with E-state index in [4.69, 9.17) is 0 Å². The fourth-order valence-corrected chi connectivity index (χ4v) is 2.27. The number of rotatable bonds is 4. The number of aromatic nitrogens is 2. The minimum Gasteiger partial charge on any atom is -0.298 e. The summed E-state index contributed by atoms with van der Waals surface area (Å²) in [6.07, 6.45) is 4.98. The van der Waals surface area contributed by atoms with Crippen LogP contribution in [0, 0.1) is 0 Å². The van der Waals surface area contributed by atoms with E-state index in [9.17, 15) is 8.42 Å². The molecule has 15 heavy (non-hydrogen) atoms. The van der Waals surface area contributed by atoms with Crippen LogP contribution in [-0.4, -0.2) is 54.7 Å². The second-order valence-corrected chi connectivity index (χ2v) is 6.29. The largest absolute Gasteiger partial charge is 0.298 e. The standard InChI is InChI=1S/C9H15N3O2S/c1-15(13,14)6-5-11-7-9(8-11)12-4-2-3-10-12/h2-4,9H,5-8H2,1H3. The van der Waals surface area contributed by atoms with Gasteiger partial charge in [-0.05, 0) is 6.07 Å². The lowest BCUT2D eigenvalue weighted by Gasteiger charge is -2.38. The molecule has 0 N–H and O–H groups in total. The molecule has 0 amide bonds. The molecule has 0 unspecified atom stereocenters. The number of sulfone groups is 1. The predicted octanol–water partition coefficient (Wildman–Crippen LogP) is -0.216. The first-order valence-corrected chi connectivity index (χ1v) is 7.00. The van der Waals surface area contributed by atoms with Crippen molar-refractivity contribution in [2.75, 3.05) is 31.6 Å². The summed E-state index contributed by atoms with van der Waals surface area (Å²) in [6, 6.07) is 2.32. The van der Waals surface area contributed by atoms with Gasteiger partial charge in [-0.25, -0.2) is 8.42 Å². The van der Waals surface area contributed by atoms with Crippen molar-refractivity contribution < 1.29 is 8.42 Å². The monoisotopic (exact) mass is 229 g/mol. The minimum atomic E-state index is -2.83. The molecule has 1 aliphatic heterocycles. The summed E-state index contributed by atoms with van der Waals surface area (Å²) in [5.74, 6) is 0.249. The predicted molar refractivity (Wildman–Crippen MR) is 57.4 cm³/mol. The molecular formula is C9H15N3O2S. The van der Waals surface area contributed by atoms with Crippen molar-refractivity contribution in [3.8, 4) is 0 Å². The summed E-state index contributed by atoms with van der Waals surface area (Å²) in [5.41, 5.74) is 0. The molecule has 0 bridgehead atoms. The van der Waals surface area contributed by atoms with Crippen molar-refractivity contribution in [2.45, 2.75) is 6.04 Å². The van der Waals surface area contributed by atoms with Crippen LogP contribution >= 0.6 is 0 Å². The van der Waals surface area contributed by atoms with Crippen molar-refractivity contribution in [3.63, 3.8) is 0 Å². The Kier molecular flexibility index (Phi) is 2.79. The Morgan fingerprint density at radius 1 is 1.47 bits per heavy atom. The van der Waals surface area contributed by atoms with Gasteiger partial charge in [0.2, 0.25) is 0 Å². The van der Waals surface area contributed by atoms with E-state index in [1.54, 1.807) is 6.20 Å². The molecule has 1 fully saturated rings. The Bertz CT molecular complexity index is 407. The summed E-state index contributed by atoms with van der Waals surface area (Å²) in [7, 11) is -2.83. The molecule has 5 nitrogen and oxygen atoms in total. The molecule has 0 radical (unpaired) electrons. The van der Waals surface area contributed by atoms with Crippen LogP contribution in [0.3, 0.4) is 0 Å². The summed E-state index contributed by atoms with van der Waals surface area (Å²) < 4.78 is 23.8. The molecule has 1 aromatic heterocycles. The fourth-order valence-electron chi connectivity index (χ4n) is 1.68. The van der Waals surface area contributed by atoms with Crippen LogP contribution in [0.2, 0.25) is 0 Å². The van der Waals surface area contributed by atoms with Gasteiger partial charge in [0.05, 0.1) is 11.8 Å². The van der Waals surface area contributed by atoms with Gasteiger partial charge in [-0.1, -0.05) is 0 Å². The van der Waals surface area contributed by atoms with Crippen molar-refractivity contribution in [2.24, 2.45) is 0 Å². The van der Waals surface area contributed by atoms with Crippen LogP contribution in [0.25, 0.3) is 0 Å². The first kappa shape index (κ1) is 10.6. The number of hydrogen-bond donors (Lipinski definition) is 0. The highest BCUT2D eigenvalue weighted by Gasteiger charge is 2.28. The lowest BCUT2D eigenvalue weighted by Crippen LogP contribution is -2.49. The maximum absolute atomic E-state index is 10.9. The zero-order valence-corrected chi connectivity index (χ0v) is 9.52. The molecule has 0 saturated carbocycles. The Hall–Kier alpha value is -0.880. The molecule has 0 spiro atoms. The summed E-state index contributed by atoms with van der Waals surface area (Å²) >= 11 is 0. The highest BCUT2D eigenvalue weighted by Crippen LogP contribution is 2.19. The third-order valence-corrected chi connectivity index (χ3v) is 3.54. The Balaban J connectivity index is 1.75. The van der Waals surface area contributed by atoms with Crippen molar-refractivity contribution >= 4 is 9.84 Å². The summed E-state index contributed by atoms with van der Waals surface area (Å²) in [6.45, 7) is 2.44. The van der Waals surface area contributed by atoms with Gasteiger partial charge in [-0.2, -0.15) is 5.10 Å². The second kappa shape index (κ2) is 3.94. The molecule has 2 rings (SSSR count). The van der Waals surface area contributed by atoms with Gasteiger partial charge in [0.25, 0.3) is 0 Å². The van der Waals surface area contributed by atoms with Crippen molar-refractivity contribution in [1.29, 1.82) is 0 Å². The zero-order valence-electron chi connectivity index (χ0n) is 8.70. The van der Waals surface area contributed by atoms with Gasteiger partial charge >= 0.3 is 0 Å². The molecular weight excluding hydrogens is 214 g/mol. The molecule has 2 heterocycles. The molecule has 1 aromatic rings. The molecule has 6 heteroatoms. The van der Waals surface area contributed by atoms with Crippen LogP contribution in [0.15, 0.2) is 18.5 Å².